The van der Waals surface area contributed by atoms with Crippen molar-refractivity contribution in [1.29, 1.82) is 0 Å². The molecule has 0 atom stereocenters. The number of anilines is 1. The number of nitrogens with zero attached hydrogens (tertiary/aromatic N) is 2. The van der Waals surface area contributed by atoms with E-state index in [9.17, 15) is 4.79 Å². The largest absolute Gasteiger partial charge is 0.454 e. The van der Waals surface area contributed by atoms with Crippen LogP contribution in [0.4, 0.5) is 5.69 Å². The normalized spacial score (nSPS) is 18.8. The summed E-state index contributed by atoms with van der Waals surface area (Å²) < 4.78 is 10.6. The van der Waals surface area contributed by atoms with E-state index in [1.165, 1.54) is 0 Å². The highest BCUT2D eigenvalue weighted by molar-refractivity contribution is 6.00. The summed E-state index contributed by atoms with van der Waals surface area (Å²) in [6.45, 7) is 2.20. The fraction of sp³-hybridized carbons (Fsp3) is 0.533. The first kappa shape index (κ1) is 14.0. The smallest absolute Gasteiger partial charge is 0.256 e. The quantitative estimate of drug-likeness (QED) is 0.828. The lowest BCUT2D eigenvalue weighted by Gasteiger charge is -2.35. The molecule has 1 saturated heterocycles. The first-order valence-electron chi connectivity index (χ1n) is 7.21. The number of fused-ring (bicyclic) bond motifs is 1. The molecule has 1 fully saturated rings. The summed E-state index contributed by atoms with van der Waals surface area (Å²) in [5, 5.41) is 0. The monoisotopic (exact) mass is 291 g/mol. The predicted molar refractivity (Wildman–Crippen MR) is 79.6 cm³/mol. The highest BCUT2D eigenvalue weighted by atomic mass is 16.7. The minimum Gasteiger partial charge on any atom is -0.454 e. The third-order valence-electron chi connectivity index (χ3n) is 4.33. The maximum atomic E-state index is 12.7. The molecule has 0 radical (unpaired) electrons. The van der Waals surface area contributed by atoms with Gasteiger partial charge in [0.25, 0.3) is 5.91 Å². The maximum absolute atomic E-state index is 12.7. The molecule has 21 heavy (non-hydrogen) atoms. The second-order valence-electron chi connectivity index (χ2n) is 5.74. The minimum atomic E-state index is -0.0552. The summed E-state index contributed by atoms with van der Waals surface area (Å²) in [6, 6.07) is 3.61. The number of benzene rings is 1. The molecule has 0 aromatic heterocycles. The zero-order chi connectivity index (χ0) is 15.0. The van der Waals surface area contributed by atoms with Crippen molar-refractivity contribution in [2.75, 3.05) is 39.7 Å². The summed E-state index contributed by atoms with van der Waals surface area (Å²) in [4.78, 5) is 16.8. The number of carbonyl (C=O) groups excluding carboxylic acids is 1. The molecule has 2 N–H and O–H groups in total. The van der Waals surface area contributed by atoms with Crippen LogP contribution < -0.4 is 15.2 Å². The topological polar surface area (TPSA) is 68.0 Å². The molecular weight excluding hydrogens is 270 g/mol. The maximum Gasteiger partial charge on any atom is 0.256 e. The van der Waals surface area contributed by atoms with Gasteiger partial charge in [-0.05, 0) is 39.0 Å². The second-order valence-corrected chi connectivity index (χ2v) is 5.74. The number of hydrogen-bond acceptors (Lipinski definition) is 5. The van der Waals surface area contributed by atoms with Crippen LogP contribution in [0, 0.1) is 0 Å². The number of piperidine rings is 1. The Labute approximate surface area is 124 Å². The molecule has 1 aromatic carbocycles. The first-order valence-corrected chi connectivity index (χ1v) is 7.21. The van der Waals surface area contributed by atoms with Gasteiger partial charge >= 0.3 is 0 Å². The summed E-state index contributed by atoms with van der Waals surface area (Å²) in [5.41, 5.74) is 6.91. The molecule has 0 spiro atoms. The molecule has 6 heteroatoms. The standard InChI is InChI=1S/C15H21N3O3/c1-17-5-3-10(4-6-17)18(2)15(19)11-7-13-14(8-12(11)16)21-9-20-13/h7-8,10H,3-6,9,16H2,1-2H3. The third-order valence-corrected chi connectivity index (χ3v) is 4.33. The lowest BCUT2D eigenvalue weighted by molar-refractivity contribution is 0.0660. The second kappa shape index (κ2) is 5.44. The molecule has 2 heterocycles. The van der Waals surface area contributed by atoms with Crippen LogP contribution in [-0.4, -0.2) is 55.7 Å². The van der Waals surface area contributed by atoms with Crippen LogP contribution in [0.25, 0.3) is 0 Å². The van der Waals surface area contributed by atoms with Gasteiger partial charge in [0.1, 0.15) is 0 Å². The number of hydrogen-bond donors (Lipinski definition) is 1. The van der Waals surface area contributed by atoms with E-state index in [-0.39, 0.29) is 18.7 Å². The van der Waals surface area contributed by atoms with Gasteiger partial charge in [-0.1, -0.05) is 0 Å². The van der Waals surface area contributed by atoms with Gasteiger partial charge in [-0.2, -0.15) is 0 Å². The molecule has 0 unspecified atom stereocenters. The highest BCUT2D eigenvalue weighted by Crippen LogP contribution is 2.36. The van der Waals surface area contributed by atoms with Gasteiger partial charge in [-0.15, -0.1) is 0 Å². The number of rotatable bonds is 2. The average molecular weight is 291 g/mol. The molecule has 114 valence electrons. The Morgan fingerprint density at radius 1 is 1.29 bits per heavy atom. The summed E-state index contributed by atoms with van der Waals surface area (Å²) in [5.74, 6) is 1.13. The van der Waals surface area contributed by atoms with Crippen molar-refractivity contribution < 1.29 is 14.3 Å². The highest BCUT2D eigenvalue weighted by Gasteiger charge is 2.27. The van der Waals surface area contributed by atoms with E-state index in [0.717, 1.165) is 25.9 Å². The van der Waals surface area contributed by atoms with Crippen molar-refractivity contribution in [2.45, 2.75) is 18.9 Å². The van der Waals surface area contributed by atoms with Gasteiger partial charge < -0.3 is 25.0 Å². The third kappa shape index (κ3) is 2.63. The Hall–Kier alpha value is -1.95. The number of nitrogens with two attached hydrogens (primary N) is 1. The molecule has 0 aliphatic carbocycles. The SMILES string of the molecule is CN1CCC(N(C)C(=O)c2cc3c(cc2N)OCO3)CC1. The minimum absolute atomic E-state index is 0.0552. The van der Waals surface area contributed by atoms with Crippen LogP contribution in [0.2, 0.25) is 0 Å². The Morgan fingerprint density at radius 3 is 2.57 bits per heavy atom. The van der Waals surface area contributed by atoms with Crippen LogP contribution in [-0.2, 0) is 0 Å². The van der Waals surface area contributed by atoms with E-state index in [1.807, 2.05) is 7.05 Å². The van der Waals surface area contributed by atoms with Gasteiger partial charge in [0.2, 0.25) is 6.79 Å². The van der Waals surface area contributed by atoms with Crippen LogP contribution in [0.15, 0.2) is 12.1 Å². The number of amides is 1. The Bertz CT molecular complexity index is 553. The van der Waals surface area contributed by atoms with Crippen molar-refractivity contribution >= 4 is 11.6 Å². The van der Waals surface area contributed by atoms with Gasteiger partial charge in [0, 0.05) is 24.8 Å². The summed E-state index contributed by atoms with van der Waals surface area (Å²) in [7, 11) is 3.95. The molecule has 0 bridgehead atoms. The molecule has 6 nitrogen and oxygen atoms in total. The van der Waals surface area contributed by atoms with E-state index in [2.05, 4.69) is 11.9 Å². The van der Waals surface area contributed by atoms with Gasteiger partial charge in [-0.25, -0.2) is 0 Å². The molecule has 2 aliphatic rings. The van der Waals surface area contributed by atoms with Crippen molar-refractivity contribution in [3.63, 3.8) is 0 Å². The van der Waals surface area contributed by atoms with E-state index in [0.29, 0.717) is 22.7 Å². The Balaban J connectivity index is 1.78. The number of nitrogen functional groups attached to an aromatic ring is 1. The van der Waals surface area contributed by atoms with Crippen molar-refractivity contribution in [3.05, 3.63) is 17.7 Å². The molecule has 0 saturated carbocycles. The van der Waals surface area contributed by atoms with Gasteiger partial charge in [-0.3, -0.25) is 4.79 Å². The number of ether oxygens (including phenoxy) is 2. The van der Waals surface area contributed by atoms with E-state index >= 15 is 0 Å². The Kier molecular flexibility index (Phi) is 3.63. The first-order chi connectivity index (χ1) is 10.1. The van der Waals surface area contributed by atoms with E-state index in [4.69, 9.17) is 15.2 Å². The lowest BCUT2D eigenvalue weighted by Crippen LogP contribution is -2.44. The predicted octanol–water partition coefficient (Wildman–Crippen LogP) is 1.16. The molecule has 1 amide bonds. The fourth-order valence-corrected chi connectivity index (χ4v) is 2.88. The van der Waals surface area contributed by atoms with Crippen LogP contribution in [0.3, 0.4) is 0 Å². The molecule has 3 rings (SSSR count). The molecule has 2 aliphatic heterocycles. The van der Waals surface area contributed by atoms with E-state index in [1.54, 1.807) is 17.0 Å². The van der Waals surface area contributed by atoms with Crippen molar-refractivity contribution in [2.24, 2.45) is 0 Å². The Morgan fingerprint density at radius 2 is 1.90 bits per heavy atom. The zero-order valence-electron chi connectivity index (χ0n) is 12.5. The summed E-state index contributed by atoms with van der Waals surface area (Å²) in [6.07, 6.45) is 1.98. The van der Waals surface area contributed by atoms with Crippen molar-refractivity contribution in [1.82, 2.24) is 9.80 Å². The molecule has 1 aromatic rings. The van der Waals surface area contributed by atoms with Crippen LogP contribution in [0.1, 0.15) is 23.2 Å². The number of likely N-dealkylation sites (tertiary alicyclic amines) is 1. The van der Waals surface area contributed by atoms with Crippen LogP contribution in [0.5, 0.6) is 11.5 Å². The fourth-order valence-electron chi connectivity index (χ4n) is 2.88. The van der Waals surface area contributed by atoms with Gasteiger partial charge in [0.15, 0.2) is 11.5 Å². The number of carbonyl (C=O) groups is 1. The van der Waals surface area contributed by atoms with E-state index < -0.39 is 0 Å². The lowest BCUT2D eigenvalue weighted by atomic mass is 10.0. The van der Waals surface area contributed by atoms with Gasteiger partial charge in [0.05, 0.1) is 5.56 Å². The summed E-state index contributed by atoms with van der Waals surface area (Å²) >= 11 is 0. The van der Waals surface area contributed by atoms with Crippen LogP contribution >= 0.6 is 0 Å². The molecular formula is C15H21N3O3. The zero-order valence-corrected chi connectivity index (χ0v) is 12.5. The average Bonchev–Trinajstić information content (AvgIpc) is 2.93. The van der Waals surface area contributed by atoms with Crippen molar-refractivity contribution in [3.8, 4) is 11.5 Å².